The van der Waals surface area contributed by atoms with Gasteiger partial charge in [0.25, 0.3) is 0 Å². The maximum atomic E-state index is 11.9. The number of hydrogen-bond donors (Lipinski definition) is 0. The second-order valence-corrected chi connectivity index (χ2v) is 6.47. The van der Waals surface area contributed by atoms with Gasteiger partial charge in [0.2, 0.25) is 0 Å². The Morgan fingerprint density at radius 3 is 2.40 bits per heavy atom. The molecule has 1 aliphatic carbocycles. The summed E-state index contributed by atoms with van der Waals surface area (Å²) in [6.07, 6.45) is 4.16. The fourth-order valence-corrected chi connectivity index (χ4v) is 2.43. The maximum absolute atomic E-state index is 11.9. The molecule has 20 heavy (non-hydrogen) atoms. The molecule has 1 aromatic carbocycles. The van der Waals surface area contributed by atoms with Gasteiger partial charge >= 0.3 is 10.1 Å². The van der Waals surface area contributed by atoms with Crippen LogP contribution in [0.1, 0.15) is 6.92 Å². The minimum Gasteiger partial charge on any atom is -0.290 e. The molecule has 0 aromatic heterocycles. The van der Waals surface area contributed by atoms with Crippen molar-refractivity contribution in [2.45, 2.75) is 11.8 Å². The molecule has 0 spiro atoms. The lowest BCUT2D eigenvalue weighted by Gasteiger charge is -2.05. The third kappa shape index (κ3) is 3.43. The summed E-state index contributed by atoms with van der Waals surface area (Å²) in [4.78, 5) is 11.2. The van der Waals surface area contributed by atoms with E-state index in [1.165, 1.54) is 30.4 Å². The number of allylic oxidation sites excluding steroid dienone is 4. The number of nitrogens with zero attached hydrogens (tertiary/aromatic N) is 1. The summed E-state index contributed by atoms with van der Waals surface area (Å²) in [6.45, 7) is 1.62. The molecule has 0 aliphatic heterocycles. The van der Waals surface area contributed by atoms with Crippen LogP contribution in [0.3, 0.4) is 0 Å². The molecule has 0 saturated heterocycles. The van der Waals surface area contributed by atoms with Crippen molar-refractivity contribution >= 4 is 37.5 Å². The topological polar surface area (TPSA) is 72.8 Å². The monoisotopic (exact) mass is 355 g/mol. The van der Waals surface area contributed by atoms with Gasteiger partial charge in [0, 0.05) is 4.47 Å². The third-order valence-electron chi connectivity index (χ3n) is 2.50. The first-order valence-electron chi connectivity index (χ1n) is 5.56. The molecule has 0 amide bonds. The zero-order chi connectivity index (χ0) is 14.8. The summed E-state index contributed by atoms with van der Waals surface area (Å²) in [5.41, 5.74) is 0.735. The van der Waals surface area contributed by atoms with Gasteiger partial charge in [0.15, 0.2) is 5.78 Å². The van der Waals surface area contributed by atoms with E-state index in [2.05, 4.69) is 25.4 Å². The van der Waals surface area contributed by atoms with Crippen molar-refractivity contribution in [1.29, 1.82) is 0 Å². The van der Waals surface area contributed by atoms with Crippen LogP contribution >= 0.6 is 15.9 Å². The summed E-state index contributed by atoms with van der Waals surface area (Å²) in [5.74, 6) is -0.139. The second-order valence-electron chi connectivity index (χ2n) is 4.02. The lowest BCUT2D eigenvalue weighted by molar-refractivity contribution is -0.111. The molecule has 0 atom stereocenters. The molecule has 1 aromatic rings. The van der Waals surface area contributed by atoms with E-state index >= 15 is 0 Å². The highest BCUT2D eigenvalue weighted by Gasteiger charge is 2.16. The third-order valence-corrected chi connectivity index (χ3v) is 4.15. The molecule has 1 aliphatic rings. The second kappa shape index (κ2) is 5.72. The van der Waals surface area contributed by atoms with Crippen molar-refractivity contribution in [3.8, 4) is 0 Å². The lowest BCUT2D eigenvalue weighted by atomic mass is 10.1. The zero-order valence-corrected chi connectivity index (χ0v) is 12.8. The molecule has 2 rings (SSSR count). The predicted molar refractivity (Wildman–Crippen MR) is 77.8 cm³/mol. The molecule has 0 N–H and O–H groups in total. The number of carbonyl (C=O) groups is 1. The molecule has 0 bridgehead atoms. The van der Waals surface area contributed by atoms with Crippen molar-refractivity contribution < 1.29 is 17.5 Å². The molecule has 0 heterocycles. The van der Waals surface area contributed by atoms with Crippen molar-refractivity contribution in [1.82, 2.24) is 0 Å². The Labute approximate surface area is 124 Å². The SMILES string of the molecule is CC1=CC(=NOS(=O)(=O)c2ccc(Br)cc2)C=CC1=O. The number of carbonyl (C=O) groups excluding carboxylic acids is 1. The van der Waals surface area contributed by atoms with Gasteiger partial charge < -0.3 is 0 Å². The van der Waals surface area contributed by atoms with Gasteiger partial charge in [-0.05, 0) is 55.0 Å². The standard InChI is InChI=1S/C13H10BrNO4S/c1-9-8-11(4-7-13(9)16)15-19-20(17,18)12-5-2-10(14)3-6-12/h2-8H,1H3. The van der Waals surface area contributed by atoms with Crippen LogP contribution in [0.2, 0.25) is 0 Å². The first kappa shape index (κ1) is 14.7. The van der Waals surface area contributed by atoms with Crippen LogP contribution in [0.25, 0.3) is 0 Å². The predicted octanol–water partition coefficient (Wildman–Crippen LogP) is 2.60. The number of oxime groups is 1. The number of hydrogen-bond acceptors (Lipinski definition) is 5. The number of rotatable bonds is 3. The van der Waals surface area contributed by atoms with Crippen molar-refractivity contribution in [2.24, 2.45) is 5.16 Å². The normalized spacial score (nSPS) is 17.2. The summed E-state index contributed by atoms with van der Waals surface area (Å²) >= 11 is 3.21. The van der Waals surface area contributed by atoms with Gasteiger partial charge in [-0.1, -0.05) is 21.1 Å². The van der Waals surface area contributed by atoms with Gasteiger partial charge in [0.1, 0.15) is 10.6 Å². The molecular weight excluding hydrogens is 346 g/mol. The van der Waals surface area contributed by atoms with E-state index in [9.17, 15) is 13.2 Å². The Kier molecular flexibility index (Phi) is 4.20. The largest absolute Gasteiger partial charge is 0.358 e. The number of ketones is 1. The Morgan fingerprint density at radius 1 is 1.15 bits per heavy atom. The Hall–Kier alpha value is -1.73. The summed E-state index contributed by atoms with van der Waals surface area (Å²) in [6, 6.07) is 5.99. The van der Waals surface area contributed by atoms with Gasteiger partial charge in [-0.2, -0.15) is 8.42 Å². The van der Waals surface area contributed by atoms with Gasteiger partial charge in [-0.3, -0.25) is 9.08 Å². The van der Waals surface area contributed by atoms with Crippen molar-refractivity contribution in [3.63, 3.8) is 0 Å². The zero-order valence-electron chi connectivity index (χ0n) is 10.4. The number of benzene rings is 1. The van der Waals surface area contributed by atoms with Crippen LogP contribution in [-0.2, 0) is 19.2 Å². The maximum Gasteiger partial charge on any atom is 0.358 e. The molecule has 104 valence electrons. The molecule has 0 unspecified atom stereocenters. The average Bonchev–Trinajstić information content (AvgIpc) is 2.41. The summed E-state index contributed by atoms with van der Waals surface area (Å²) < 4.78 is 29.1. The van der Waals surface area contributed by atoms with Crippen LogP contribution in [0.5, 0.6) is 0 Å². The Morgan fingerprint density at radius 2 is 1.80 bits per heavy atom. The molecule has 5 nitrogen and oxygen atoms in total. The first-order chi connectivity index (χ1) is 9.38. The molecule has 7 heteroatoms. The quantitative estimate of drug-likeness (QED) is 0.617. The van der Waals surface area contributed by atoms with Gasteiger partial charge in [-0.25, -0.2) is 0 Å². The average molecular weight is 356 g/mol. The molecule has 0 fully saturated rings. The van der Waals surface area contributed by atoms with E-state index in [-0.39, 0.29) is 16.4 Å². The molecule has 0 saturated carbocycles. The first-order valence-corrected chi connectivity index (χ1v) is 7.76. The van der Waals surface area contributed by atoms with Crippen molar-refractivity contribution in [3.05, 3.63) is 52.5 Å². The number of halogens is 1. The Balaban J connectivity index is 2.20. The van der Waals surface area contributed by atoms with E-state index in [1.807, 2.05) is 0 Å². The van der Waals surface area contributed by atoms with Gasteiger partial charge in [-0.15, -0.1) is 0 Å². The van der Waals surface area contributed by atoms with E-state index < -0.39 is 10.1 Å². The minimum absolute atomic E-state index is 0.00150. The fourth-order valence-electron chi connectivity index (χ4n) is 1.43. The van der Waals surface area contributed by atoms with E-state index in [0.29, 0.717) is 5.57 Å². The Bertz CT molecular complexity index is 730. The van der Waals surface area contributed by atoms with Crippen LogP contribution in [0.15, 0.2) is 62.6 Å². The minimum atomic E-state index is -3.96. The summed E-state index contributed by atoms with van der Waals surface area (Å²) in [7, 11) is -3.96. The van der Waals surface area contributed by atoms with Crippen LogP contribution < -0.4 is 0 Å². The highest BCUT2D eigenvalue weighted by atomic mass is 79.9. The fraction of sp³-hybridized carbons (Fsp3) is 0.0769. The van der Waals surface area contributed by atoms with E-state index in [0.717, 1.165) is 4.47 Å². The van der Waals surface area contributed by atoms with E-state index in [1.54, 1.807) is 19.1 Å². The van der Waals surface area contributed by atoms with Crippen LogP contribution in [0, 0.1) is 0 Å². The van der Waals surface area contributed by atoms with Crippen LogP contribution in [-0.4, -0.2) is 19.9 Å². The van der Waals surface area contributed by atoms with Crippen molar-refractivity contribution in [2.75, 3.05) is 0 Å². The molecular formula is C13H10BrNO4S. The van der Waals surface area contributed by atoms with Gasteiger partial charge in [0.05, 0.1) is 0 Å². The highest BCUT2D eigenvalue weighted by Crippen LogP contribution is 2.17. The van der Waals surface area contributed by atoms with Crippen LogP contribution in [0.4, 0.5) is 0 Å². The van der Waals surface area contributed by atoms with E-state index in [4.69, 9.17) is 0 Å². The highest BCUT2D eigenvalue weighted by molar-refractivity contribution is 9.10. The summed E-state index contributed by atoms with van der Waals surface area (Å²) in [5, 5.41) is 3.54. The molecule has 0 radical (unpaired) electrons. The smallest absolute Gasteiger partial charge is 0.290 e. The lowest BCUT2D eigenvalue weighted by Crippen LogP contribution is -2.08.